The highest BCUT2D eigenvalue weighted by molar-refractivity contribution is 5.64. The first-order valence-corrected chi connectivity index (χ1v) is 6.30. The molecule has 0 atom stereocenters. The number of rotatable bonds is 3. The number of non-ortho nitro benzene ring substituents is 1. The van der Waals surface area contributed by atoms with Gasteiger partial charge in [-0.05, 0) is 13.0 Å². The smallest absolute Gasteiger partial charge is 0.271 e. The lowest BCUT2D eigenvalue weighted by molar-refractivity contribution is -0.384. The molecule has 2 aromatic rings. The Kier molecular flexibility index (Phi) is 3.02. The summed E-state index contributed by atoms with van der Waals surface area (Å²) < 4.78 is 5.54. The van der Waals surface area contributed by atoms with Crippen molar-refractivity contribution in [2.45, 2.75) is 13.5 Å². The number of aryl methyl sites for hydroxylation is 1. The van der Waals surface area contributed by atoms with Crippen LogP contribution >= 0.6 is 0 Å². The number of ether oxygens (including phenoxy) is 1. The van der Waals surface area contributed by atoms with Gasteiger partial charge in [-0.15, -0.1) is 0 Å². The maximum atomic E-state index is 10.9. The van der Waals surface area contributed by atoms with Crippen LogP contribution in [0.2, 0.25) is 0 Å². The van der Waals surface area contributed by atoms with Crippen LogP contribution < -0.4 is 9.64 Å². The van der Waals surface area contributed by atoms with Crippen LogP contribution in [-0.4, -0.2) is 28.0 Å². The fourth-order valence-electron chi connectivity index (χ4n) is 2.28. The molecule has 0 saturated heterocycles. The van der Waals surface area contributed by atoms with Crippen LogP contribution in [0.5, 0.6) is 5.75 Å². The second kappa shape index (κ2) is 4.84. The zero-order valence-electron chi connectivity index (χ0n) is 11.0. The van der Waals surface area contributed by atoms with E-state index in [9.17, 15) is 10.1 Å². The number of nitrogens with one attached hydrogen (secondary N) is 1. The summed E-state index contributed by atoms with van der Waals surface area (Å²) >= 11 is 0. The summed E-state index contributed by atoms with van der Waals surface area (Å²) in [5.41, 5.74) is 1.71. The van der Waals surface area contributed by atoms with E-state index in [1.807, 2.05) is 18.0 Å². The second-order valence-electron chi connectivity index (χ2n) is 4.66. The molecule has 2 heterocycles. The second-order valence-corrected chi connectivity index (χ2v) is 4.66. The van der Waals surface area contributed by atoms with Gasteiger partial charge in [0.05, 0.1) is 29.4 Å². The average molecular weight is 274 g/mol. The van der Waals surface area contributed by atoms with Gasteiger partial charge < -0.3 is 14.6 Å². The van der Waals surface area contributed by atoms with Crippen LogP contribution in [0.3, 0.4) is 0 Å². The molecule has 104 valence electrons. The van der Waals surface area contributed by atoms with Crippen LogP contribution in [0, 0.1) is 17.0 Å². The topological polar surface area (TPSA) is 84.3 Å². The lowest BCUT2D eigenvalue weighted by atomic mass is 10.2. The molecule has 7 heteroatoms. The van der Waals surface area contributed by atoms with Crippen LogP contribution in [0.15, 0.2) is 24.4 Å². The molecule has 3 rings (SSSR count). The third-order valence-corrected chi connectivity index (χ3v) is 3.22. The number of imidazole rings is 1. The van der Waals surface area contributed by atoms with Gasteiger partial charge in [0, 0.05) is 18.3 Å². The maximum Gasteiger partial charge on any atom is 0.271 e. The number of nitro benzene ring substituents is 1. The van der Waals surface area contributed by atoms with Gasteiger partial charge >= 0.3 is 0 Å². The zero-order valence-corrected chi connectivity index (χ0v) is 11.0. The molecular formula is C13H14N4O3. The van der Waals surface area contributed by atoms with Crippen molar-refractivity contribution in [2.24, 2.45) is 0 Å². The van der Waals surface area contributed by atoms with Gasteiger partial charge in [0.15, 0.2) is 0 Å². The highest BCUT2D eigenvalue weighted by Crippen LogP contribution is 2.35. The predicted molar refractivity (Wildman–Crippen MR) is 73.0 cm³/mol. The monoisotopic (exact) mass is 274 g/mol. The van der Waals surface area contributed by atoms with Crippen molar-refractivity contribution in [3.63, 3.8) is 0 Å². The van der Waals surface area contributed by atoms with Crippen LogP contribution in [0.4, 0.5) is 11.4 Å². The van der Waals surface area contributed by atoms with Crippen LogP contribution in [0.1, 0.15) is 11.5 Å². The van der Waals surface area contributed by atoms with Crippen molar-refractivity contribution in [3.8, 4) is 5.75 Å². The van der Waals surface area contributed by atoms with E-state index in [1.54, 1.807) is 12.1 Å². The summed E-state index contributed by atoms with van der Waals surface area (Å²) in [6, 6.07) is 4.66. The molecule has 1 aromatic carbocycles. The van der Waals surface area contributed by atoms with Crippen molar-refractivity contribution >= 4 is 11.4 Å². The number of nitrogens with zero attached hydrogens (tertiary/aromatic N) is 3. The van der Waals surface area contributed by atoms with Gasteiger partial charge in [0.1, 0.15) is 18.2 Å². The molecule has 0 aliphatic carbocycles. The molecule has 0 amide bonds. The van der Waals surface area contributed by atoms with Crippen molar-refractivity contribution in [1.82, 2.24) is 9.97 Å². The predicted octanol–water partition coefficient (Wildman–Crippen LogP) is 2.03. The van der Waals surface area contributed by atoms with E-state index in [0.717, 1.165) is 17.2 Å². The summed E-state index contributed by atoms with van der Waals surface area (Å²) in [6.07, 6.45) is 1.85. The molecular weight excluding hydrogens is 260 g/mol. The van der Waals surface area contributed by atoms with Crippen molar-refractivity contribution in [2.75, 3.05) is 18.1 Å². The fraction of sp³-hybridized carbons (Fsp3) is 0.308. The molecule has 20 heavy (non-hydrogen) atoms. The summed E-state index contributed by atoms with van der Waals surface area (Å²) in [7, 11) is 0. The molecule has 0 radical (unpaired) electrons. The van der Waals surface area contributed by atoms with E-state index in [2.05, 4.69) is 9.97 Å². The number of fused-ring (bicyclic) bond motifs is 1. The van der Waals surface area contributed by atoms with Crippen LogP contribution in [-0.2, 0) is 6.54 Å². The van der Waals surface area contributed by atoms with Gasteiger partial charge in [0.25, 0.3) is 5.69 Å². The van der Waals surface area contributed by atoms with Gasteiger partial charge in [-0.1, -0.05) is 0 Å². The number of H-pyrrole nitrogens is 1. The summed E-state index contributed by atoms with van der Waals surface area (Å²) in [4.78, 5) is 19.9. The number of aromatic amines is 1. The lowest BCUT2D eigenvalue weighted by Crippen LogP contribution is -2.32. The van der Waals surface area contributed by atoms with Crippen LogP contribution in [0.25, 0.3) is 0 Å². The first-order valence-electron chi connectivity index (χ1n) is 6.30. The standard InChI is InChI=1S/C13H14N4O3/c1-9-14-7-10(15-9)8-16-4-5-20-13-3-2-11(17(18)19)6-12(13)16/h2-3,6-7H,4-5,8H2,1H3,(H,14,15). The molecule has 0 saturated carbocycles. The highest BCUT2D eigenvalue weighted by atomic mass is 16.6. The zero-order chi connectivity index (χ0) is 14.1. The van der Waals surface area contributed by atoms with Crippen molar-refractivity contribution in [3.05, 3.63) is 46.0 Å². The Morgan fingerprint density at radius 1 is 1.55 bits per heavy atom. The summed E-state index contributed by atoms with van der Waals surface area (Å²) in [5.74, 6) is 1.53. The van der Waals surface area contributed by atoms with E-state index < -0.39 is 4.92 Å². The Morgan fingerprint density at radius 3 is 3.10 bits per heavy atom. The lowest BCUT2D eigenvalue weighted by Gasteiger charge is -2.30. The van der Waals surface area contributed by atoms with E-state index in [4.69, 9.17) is 4.74 Å². The Morgan fingerprint density at radius 2 is 2.40 bits per heavy atom. The van der Waals surface area contributed by atoms with E-state index in [0.29, 0.717) is 25.4 Å². The normalized spacial score (nSPS) is 13.8. The first kappa shape index (κ1) is 12.5. The van der Waals surface area contributed by atoms with Gasteiger partial charge in [0.2, 0.25) is 0 Å². The number of aromatic nitrogens is 2. The van der Waals surface area contributed by atoms with Gasteiger partial charge in [-0.3, -0.25) is 10.1 Å². The van der Waals surface area contributed by atoms with E-state index >= 15 is 0 Å². The molecule has 7 nitrogen and oxygen atoms in total. The average Bonchev–Trinajstić information content (AvgIpc) is 2.84. The summed E-state index contributed by atoms with van der Waals surface area (Å²) in [6.45, 7) is 3.73. The Bertz CT molecular complexity index is 653. The maximum absolute atomic E-state index is 10.9. The molecule has 0 bridgehead atoms. The third kappa shape index (κ3) is 2.29. The van der Waals surface area contributed by atoms with Gasteiger partial charge in [-0.2, -0.15) is 0 Å². The minimum atomic E-state index is -0.397. The van der Waals surface area contributed by atoms with Gasteiger partial charge in [-0.25, -0.2) is 4.98 Å². The quantitative estimate of drug-likeness (QED) is 0.683. The molecule has 1 N–H and O–H groups in total. The Labute approximate surface area is 115 Å². The minimum Gasteiger partial charge on any atom is -0.490 e. The van der Waals surface area contributed by atoms with Crippen molar-refractivity contribution < 1.29 is 9.66 Å². The fourth-order valence-corrected chi connectivity index (χ4v) is 2.28. The molecule has 0 spiro atoms. The summed E-state index contributed by atoms with van der Waals surface area (Å²) in [5, 5.41) is 10.9. The number of nitro groups is 1. The van der Waals surface area contributed by atoms with Crippen molar-refractivity contribution in [1.29, 1.82) is 0 Å². The minimum absolute atomic E-state index is 0.0671. The highest BCUT2D eigenvalue weighted by Gasteiger charge is 2.22. The third-order valence-electron chi connectivity index (χ3n) is 3.22. The Balaban J connectivity index is 1.91. The number of anilines is 1. The van der Waals surface area contributed by atoms with E-state index in [1.165, 1.54) is 6.07 Å². The van der Waals surface area contributed by atoms with E-state index in [-0.39, 0.29) is 5.69 Å². The Hall–Kier alpha value is -2.57. The largest absolute Gasteiger partial charge is 0.490 e. The number of hydrogen-bond donors (Lipinski definition) is 1. The molecule has 0 unspecified atom stereocenters. The number of hydrogen-bond acceptors (Lipinski definition) is 5. The molecule has 1 aliphatic rings. The molecule has 1 aliphatic heterocycles. The molecule has 0 fully saturated rings. The SMILES string of the molecule is Cc1nc(CN2CCOc3ccc([N+](=O)[O-])cc32)c[nH]1. The first-order chi connectivity index (χ1) is 9.63. The molecule has 1 aromatic heterocycles. The number of benzene rings is 1.